The van der Waals surface area contributed by atoms with Crippen molar-refractivity contribution in [3.05, 3.63) is 29.8 Å². The normalized spacial score (nSPS) is 22.2. The Bertz CT molecular complexity index is 483. The standard InChI is InChI=1S/C17H25N3O/c21-17(18-8-11-20-9-4-1-5-10-20)15-12-14-6-2-3-7-16(14)19-13-15/h2-3,6-7,15,19H,1,4-5,8-13H2,(H,18,21). The van der Waals surface area contributed by atoms with E-state index in [2.05, 4.69) is 27.7 Å². The van der Waals surface area contributed by atoms with E-state index < -0.39 is 0 Å². The number of carbonyl (C=O) groups is 1. The predicted octanol–water partition coefficient (Wildman–Crippen LogP) is 1.87. The molecule has 2 N–H and O–H groups in total. The highest BCUT2D eigenvalue weighted by Crippen LogP contribution is 2.24. The van der Waals surface area contributed by atoms with Crippen molar-refractivity contribution >= 4 is 11.6 Å². The Balaban J connectivity index is 1.44. The Morgan fingerprint density at radius 1 is 1.24 bits per heavy atom. The Labute approximate surface area is 126 Å². The predicted molar refractivity (Wildman–Crippen MR) is 85.4 cm³/mol. The molecular weight excluding hydrogens is 262 g/mol. The molecule has 2 heterocycles. The zero-order valence-corrected chi connectivity index (χ0v) is 12.6. The molecule has 2 aliphatic heterocycles. The van der Waals surface area contributed by atoms with Gasteiger partial charge < -0.3 is 15.5 Å². The fourth-order valence-corrected chi connectivity index (χ4v) is 3.29. The summed E-state index contributed by atoms with van der Waals surface area (Å²) in [4.78, 5) is 14.7. The lowest BCUT2D eigenvalue weighted by Gasteiger charge is -2.28. The fraction of sp³-hybridized carbons (Fsp3) is 0.588. The zero-order chi connectivity index (χ0) is 14.5. The van der Waals surface area contributed by atoms with Gasteiger partial charge in [0, 0.05) is 25.3 Å². The van der Waals surface area contributed by atoms with Crippen molar-refractivity contribution < 1.29 is 4.79 Å². The lowest BCUT2D eigenvalue weighted by Crippen LogP contribution is -2.42. The van der Waals surface area contributed by atoms with Crippen LogP contribution in [0.3, 0.4) is 0 Å². The van der Waals surface area contributed by atoms with Crippen molar-refractivity contribution in [2.24, 2.45) is 5.92 Å². The van der Waals surface area contributed by atoms with Gasteiger partial charge >= 0.3 is 0 Å². The summed E-state index contributed by atoms with van der Waals surface area (Å²) in [5.41, 5.74) is 2.43. The average Bonchev–Trinajstić information content (AvgIpc) is 2.55. The molecule has 3 rings (SSSR count). The van der Waals surface area contributed by atoms with Crippen molar-refractivity contribution in [1.82, 2.24) is 10.2 Å². The van der Waals surface area contributed by atoms with Crippen molar-refractivity contribution in [3.8, 4) is 0 Å². The molecule has 2 aliphatic rings. The molecule has 1 aromatic rings. The molecule has 21 heavy (non-hydrogen) atoms. The first-order chi connectivity index (χ1) is 10.3. The number of piperidine rings is 1. The van der Waals surface area contributed by atoms with E-state index in [1.54, 1.807) is 0 Å². The van der Waals surface area contributed by atoms with Crippen LogP contribution in [0.5, 0.6) is 0 Å². The summed E-state index contributed by atoms with van der Waals surface area (Å²) in [5, 5.41) is 6.47. The minimum absolute atomic E-state index is 0.0567. The highest BCUT2D eigenvalue weighted by Gasteiger charge is 2.24. The van der Waals surface area contributed by atoms with Crippen LogP contribution in [-0.2, 0) is 11.2 Å². The van der Waals surface area contributed by atoms with Gasteiger partial charge in [0.05, 0.1) is 5.92 Å². The van der Waals surface area contributed by atoms with Crippen molar-refractivity contribution in [3.63, 3.8) is 0 Å². The Morgan fingerprint density at radius 2 is 2.05 bits per heavy atom. The van der Waals surface area contributed by atoms with E-state index in [4.69, 9.17) is 0 Å². The first-order valence-corrected chi connectivity index (χ1v) is 8.15. The van der Waals surface area contributed by atoms with E-state index in [1.807, 2.05) is 12.1 Å². The van der Waals surface area contributed by atoms with Crippen molar-refractivity contribution in [2.45, 2.75) is 25.7 Å². The van der Waals surface area contributed by atoms with Gasteiger partial charge in [-0.3, -0.25) is 4.79 Å². The van der Waals surface area contributed by atoms with Gasteiger partial charge in [-0.25, -0.2) is 0 Å². The van der Waals surface area contributed by atoms with Crippen molar-refractivity contribution in [1.29, 1.82) is 0 Å². The summed E-state index contributed by atoms with van der Waals surface area (Å²) in [6, 6.07) is 8.26. The summed E-state index contributed by atoms with van der Waals surface area (Å²) in [7, 11) is 0. The van der Waals surface area contributed by atoms with Crippen LogP contribution in [-0.4, -0.2) is 43.5 Å². The highest BCUT2D eigenvalue weighted by molar-refractivity contribution is 5.80. The molecule has 0 saturated carbocycles. The SMILES string of the molecule is O=C(NCCN1CCCCC1)C1CNc2ccccc2C1. The lowest BCUT2D eigenvalue weighted by atomic mass is 9.93. The molecule has 0 aromatic heterocycles. The van der Waals surface area contributed by atoms with Crippen LogP contribution >= 0.6 is 0 Å². The molecule has 1 amide bonds. The summed E-state index contributed by atoms with van der Waals surface area (Å²) in [6.45, 7) is 4.88. The monoisotopic (exact) mass is 287 g/mol. The van der Waals surface area contributed by atoms with Crippen LogP contribution in [0.25, 0.3) is 0 Å². The molecule has 1 aromatic carbocycles. The number of hydrogen-bond donors (Lipinski definition) is 2. The zero-order valence-electron chi connectivity index (χ0n) is 12.6. The molecule has 0 radical (unpaired) electrons. The molecule has 1 fully saturated rings. The molecule has 1 saturated heterocycles. The second-order valence-electron chi connectivity index (χ2n) is 6.13. The van der Waals surface area contributed by atoms with Crippen LogP contribution in [0.1, 0.15) is 24.8 Å². The minimum Gasteiger partial charge on any atom is -0.384 e. The Kier molecular flexibility index (Phi) is 4.76. The van der Waals surface area contributed by atoms with E-state index in [0.717, 1.165) is 26.1 Å². The van der Waals surface area contributed by atoms with Gasteiger partial charge in [0.2, 0.25) is 5.91 Å². The number of benzene rings is 1. The van der Waals surface area contributed by atoms with Crippen LogP contribution < -0.4 is 10.6 Å². The molecule has 4 nitrogen and oxygen atoms in total. The Hall–Kier alpha value is -1.55. The number of amides is 1. The second-order valence-corrected chi connectivity index (χ2v) is 6.13. The van der Waals surface area contributed by atoms with Gasteiger partial charge in [-0.2, -0.15) is 0 Å². The number of rotatable bonds is 4. The number of likely N-dealkylation sites (tertiary alicyclic amines) is 1. The van der Waals surface area contributed by atoms with Crippen LogP contribution in [0.15, 0.2) is 24.3 Å². The number of hydrogen-bond acceptors (Lipinski definition) is 3. The van der Waals surface area contributed by atoms with Gasteiger partial charge in [-0.1, -0.05) is 24.6 Å². The quantitative estimate of drug-likeness (QED) is 0.888. The van der Waals surface area contributed by atoms with Crippen LogP contribution in [0, 0.1) is 5.92 Å². The van der Waals surface area contributed by atoms with E-state index in [1.165, 1.54) is 43.6 Å². The summed E-state index contributed by atoms with van der Waals surface area (Å²) >= 11 is 0. The number of anilines is 1. The van der Waals surface area contributed by atoms with E-state index in [9.17, 15) is 4.79 Å². The fourth-order valence-electron chi connectivity index (χ4n) is 3.29. The summed E-state index contributed by atoms with van der Waals surface area (Å²) in [6.07, 6.45) is 4.81. The minimum atomic E-state index is 0.0567. The molecule has 0 aliphatic carbocycles. The number of nitrogens with one attached hydrogen (secondary N) is 2. The van der Waals surface area contributed by atoms with Gasteiger partial charge in [0.1, 0.15) is 0 Å². The maximum atomic E-state index is 12.3. The van der Waals surface area contributed by atoms with Crippen LogP contribution in [0.4, 0.5) is 5.69 Å². The molecule has 1 atom stereocenters. The largest absolute Gasteiger partial charge is 0.384 e. The van der Waals surface area contributed by atoms with E-state index >= 15 is 0 Å². The average molecular weight is 287 g/mol. The topological polar surface area (TPSA) is 44.4 Å². The molecule has 0 bridgehead atoms. The van der Waals surface area contributed by atoms with Crippen LogP contribution in [0.2, 0.25) is 0 Å². The van der Waals surface area contributed by atoms with Gasteiger partial charge in [-0.15, -0.1) is 0 Å². The number of nitrogens with zero attached hydrogens (tertiary/aromatic N) is 1. The third-order valence-corrected chi connectivity index (χ3v) is 4.57. The Morgan fingerprint density at radius 3 is 2.90 bits per heavy atom. The van der Waals surface area contributed by atoms with Gasteiger partial charge in [0.25, 0.3) is 0 Å². The number of para-hydroxylation sites is 1. The summed E-state index contributed by atoms with van der Waals surface area (Å²) in [5.74, 6) is 0.246. The van der Waals surface area contributed by atoms with Gasteiger partial charge in [-0.05, 0) is 44.0 Å². The maximum absolute atomic E-state index is 12.3. The first-order valence-electron chi connectivity index (χ1n) is 8.15. The van der Waals surface area contributed by atoms with Gasteiger partial charge in [0.15, 0.2) is 0 Å². The highest BCUT2D eigenvalue weighted by atomic mass is 16.1. The number of fused-ring (bicyclic) bond motifs is 1. The van der Waals surface area contributed by atoms with E-state index in [-0.39, 0.29) is 11.8 Å². The maximum Gasteiger partial charge on any atom is 0.225 e. The molecular formula is C17H25N3O. The second kappa shape index (κ2) is 6.94. The summed E-state index contributed by atoms with van der Waals surface area (Å²) < 4.78 is 0. The number of carbonyl (C=O) groups excluding carboxylic acids is 1. The third-order valence-electron chi connectivity index (χ3n) is 4.57. The molecule has 4 heteroatoms. The molecule has 0 spiro atoms. The third kappa shape index (κ3) is 3.76. The van der Waals surface area contributed by atoms with E-state index in [0.29, 0.717) is 0 Å². The van der Waals surface area contributed by atoms with Crippen molar-refractivity contribution in [2.75, 3.05) is 38.0 Å². The lowest BCUT2D eigenvalue weighted by molar-refractivity contribution is -0.124. The molecule has 1 unspecified atom stereocenters. The first kappa shape index (κ1) is 14.4. The molecule has 114 valence electrons. The smallest absolute Gasteiger partial charge is 0.225 e.